The Labute approximate surface area is 196 Å². The number of nitrogens with zero attached hydrogens (tertiary/aromatic N) is 4. The number of benzene rings is 1. The summed E-state index contributed by atoms with van der Waals surface area (Å²) in [5.41, 5.74) is 2.11. The normalized spacial score (nSPS) is 14.8. The van der Waals surface area contributed by atoms with Gasteiger partial charge in [-0.25, -0.2) is 9.97 Å². The minimum absolute atomic E-state index is 0.0301. The van der Waals surface area contributed by atoms with Crippen LogP contribution < -0.4 is 5.32 Å². The van der Waals surface area contributed by atoms with Gasteiger partial charge < -0.3 is 20.2 Å². The highest BCUT2D eigenvalue weighted by molar-refractivity contribution is 7.19. The summed E-state index contributed by atoms with van der Waals surface area (Å²) in [4.78, 5) is 27.4. The Kier molecular flexibility index (Phi) is 7.05. The number of nitrogens with one attached hydrogen (secondary N) is 1. The first kappa shape index (κ1) is 22.7. The van der Waals surface area contributed by atoms with Gasteiger partial charge in [0.05, 0.1) is 24.6 Å². The highest BCUT2D eigenvalue weighted by atomic mass is 35.5. The molecule has 1 atom stereocenters. The van der Waals surface area contributed by atoms with E-state index in [1.54, 1.807) is 17.4 Å². The van der Waals surface area contributed by atoms with Gasteiger partial charge in [-0.05, 0) is 43.8 Å². The van der Waals surface area contributed by atoms with Crippen molar-refractivity contribution in [3.8, 4) is 0 Å². The van der Waals surface area contributed by atoms with Crippen molar-refractivity contribution in [1.82, 2.24) is 19.8 Å². The summed E-state index contributed by atoms with van der Waals surface area (Å²) in [6, 6.07) is 7.09. The Bertz CT molecular complexity index is 1130. The molecule has 1 amide bonds. The van der Waals surface area contributed by atoms with Crippen LogP contribution in [0.3, 0.4) is 0 Å². The second-order valence-corrected chi connectivity index (χ2v) is 9.53. The molecule has 2 aromatic heterocycles. The number of rotatable bonds is 7. The molecule has 0 bridgehead atoms. The number of aromatic nitrogens is 2. The molecular formula is C23H26ClN5O2S. The molecule has 1 aliphatic heterocycles. The molecule has 1 aliphatic rings. The van der Waals surface area contributed by atoms with E-state index in [9.17, 15) is 9.90 Å². The van der Waals surface area contributed by atoms with Gasteiger partial charge in [0, 0.05) is 29.1 Å². The molecule has 0 saturated heterocycles. The van der Waals surface area contributed by atoms with Crippen LogP contribution in [-0.2, 0) is 17.8 Å². The molecule has 0 saturated carbocycles. The Morgan fingerprint density at radius 2 is 2.12 bits per heavy atom. The lowest BCUT2D eigenvalue weighted by Gasteiger charge is -2.26. The van der Waals surface area contributed by atoms with Gasteiger partial charge >= 0.3 is 0 Å². The number of halogens is 1. The Morgan fingerprint density at radius 3 is 2.84 bits per heavy atom. The van der Waals surface area contributed by atoms with Crippen LogP contribution >= 0.6 is 22.9 Å². The molecule has 32 heavy (non-hydrogen) atoms. The highest BCUT2D eigenvalue weighted by Gasteiger charge is 2.26. The summed E-state index contributed by atoms with van der Waals surface area (Å²) >= 11 is 7.60. The van der Waals surface area contributed by atoms with Crippen molar-refractivity contribution in [1.29, 1.82) is 0 Å². The average Bonchev–Trinajstić information content (AvgIpc) is 3.16. The van der Waals surface area contributed by atoms with Gasteiger partial charge in [-0.2, -0.15) is 0 Å². The number of hydrogen-bond donors (Lipinski definition) is 2. The smallest absolute Gasteiger partial charge is 0.246 e. The topological polar surface area (TPSA) is 81.6 Å². The molecule has 3 heterocycles. The van der Waals surface area contributed by atoms with Crippen molar-refractivity contribution >= 4 is 44.9 Å². The minimum atomic E-state index is -0.315. The molecule has 0 radical (unpaired) electrons. The number of likely N-dealkylation sites (N-methyl/N-ethyl adjacent to an activating group) is 1. The summed E-state index contributed by atoms with van der Waals surface area (Å²) in [5, 5.41) is 15.0. The second kappa shape index (κ2) is 9.95. The molecule has 168 valence electrons. The van der Waals surface area contributed by atoms with Crippen molar-refractivity contribution in [3.63, 3.8) is 0 Å². The molecule has 2 N–H and O–H groups in total. The monoisotopic (exact) mass is 471 g/mol. The lowest BCUT2D eigenvalue weighted by Crippen LogP contribution is -2.34. The lowest BCUT2D eigenvalue weighted by atomic mass is 10.0. The summed E-state index contributed by atoms with van der Waals surface area (Å²) in [6.45, 7) is 1.87. The Balaban J connectivity index is 1.57. The van der Waals surface area contributed by atoms with E-state index in [1.807, 2.05) is 54.2 Å². The van der Waals surface area contributed by atoms with Crippen LogP contribution in [0.1, 0.15) is 22.0 Å². The standard InChI is InChI=1S/C23H26ClN5O2S/c1-28(2)10-3-4-20(31)29-11-9-17-19(12-29)32-23-21(17)22(25-14-26-23)27-18(13-30)15-5-7-16(24)8-6-15/h3-8,14,18,30H,9-13H2,1-2H3,(H,25,26,27)/t18-/m1/s1. The van der Waals surface area contributed by atoms with Crippen LogP contribution in [0.15, 0.2) is 42.7 Å². The predicted octanol–water partition coefficient (Wildman–Crippen LogP) is 3.49. The summed E-state index contributed by atoms with van der Waals surface area (Å²) in [7, 11) is 3.94. The highest BCUT2D eigenvalue weighted by Crippen LogP contribution is 2.38. The fourth-order valence-corrected chi connectivity index (χ4v) is 5.12. The number of aliphatic hydroxyl groups is 1. The quantitative estimate of drug-likeness (QED) is 0.513. The van der Waals surface area contributed by atoms with Gasteiger partial charge in [-0.15, -0.1) is 11.3 Å². The van der Waals surface area contributed by atoms with E-state index in [2.05, 4.69) is 15.3 Å². The minimum Gasteiger partial charge on any atom is -0.394 e. The van der Waals surface area contributed by atoms with Crippen molar-refractivity contribution in [2.75, 3.05) is 39.1 Å². The summed E-state index contributed by atoms with van der Waals surface area (Å²) in [5.74, 6) is 0.731. The zero-order valence-electron chi connectivity index (χ0n) is 18.1. The average molecular weight is 472 g/mol. The number of hydrogen-bond acceptors (Lipinski definition) is 7. The van der Waals surface area contributed by atoms with E-state index >= 15 is 0 Å². The first-order chi connectivity index (χ1) is 15.5. The van der Waals surface area contributed by atoms with E-state index in [4.69, 9.17) is 11.6 Å². The molecule has 0 unspecified atom stereocenters. The number of fused-ring (bicyclic) bond motifs is 3. The lowest BCUT2D eigenvalue weighted by molar-refractivity contribution is -0.126. The first-order valence-corrected chi connectivity index (χ1v) is 11.6. The van der Waals surface area contributed by atoms with E-state index in [-0.39, 0.29) is 18.6 Å². The zero-order chi connectivity index (χ0) is 22.7. The van der Waals surface area contributed by atoms with E-state index in [1.165, 1.54) is 11.9 Å². The molecule has 7 nitrogen and oxygen atoms in total. The van der Waals surface area contributed by atoms with E-state index < -0.39 is 0 Å². The number of anilines is 1. The van der Waals surface area contributed by atoms with Crippen LogP contribution in [0.2, 0.25) is 5.02 Å². The van der Waals surface area contributed by atoms with Crippen molar-refractivity contribution < 1.29 is 9.90 Å². The molecule has 9 heteroatoms. The summed E-state index contributed by atoms with van der Waals surface area (Å²) < 4.78 is 0. The fourth-order valence-electron chi connectivity index (χ4n) is 3.79. The van der Waals surface area contributed by atoms with Crippen molar-refractivity contribution in [3.05, 3.63) is 63.8 Å². The third-order valence-corrected chi connectivity index (χ3v) is 6.82. The van der Waals surface area contributed by atoms with Crippen LogP contribution in [0, 0.1) is 0 Å². The van der Waals surface area contributed by atoms with Gasteiger partial charge in [0.25, 0.3) is 0 Å². The summed E-state index contributed by atoms with van der Waals surface area (Å²) in [6.07, 6.45) is 5.83. The number of amides is 1. The van der Waals surface area contributed by atoms with Crippen LogP contribution in [0.4, 0.5) is 5.82 Å². The number of carbonyl (C=O) groups excluding carboxylic acids is 1. The largest absolute Gasteiger partial charge is 0.394 e. The Hall–Kier alpha value is -2.52. The van der Waals surface area contributed by atoms with Crippen LogP contribution in [-0.4, -0.2) is 64.6 Å². The fraction of sp³-hybridized carbons (Fsp3) is 0.348. The van der Waals surface area contributed by atoms with Gasteiger partial charge in [0.2, 0.25) is 5.91 Å². The van der Waals surface area contributed by atoms with Gasteiger partial charge in [0.15, 0.2) is 0 Å². The number of carbonyl (C=O) groups is 1. The predicted molar refractivity (Wildman–Crippen MR) is 129 cm³/mol. The maximum absolute atomic E-state index is 12.6. The van der Waals surface area contributed by atoms with E-state index in [0.717, 1.165) is 33.6 Å². The van der Waals surface area contributed by atoms with Crippen molar-refractivity contribution in [2.45, 2.75) is 19.0 Å². The third-order valence-electron chi connectivity index (χ3n) is 5.45. The SMILES string of the molecule is CN(C)CC=CC(=O)N1CCc2c(sc3ncnc(N[C@H](CO)c4ccc(Cl)cc4)c23)C1. The van der Waals surface area contributed by atoms with E-state index in [0.29, 0.717) is 23.9 Å². The third kappa shape index (κ3) is 4.94. The molecule has 1 aromatic carbocycles. The Morgan fingerprint density at radius 1 is 1.34 bits per heavy atom. The molecule has 0 fully saturated rings. The van der Waals surface area contributed by atoms with Crippen LogP contribution in [0.5, 0.6) is 0 Å². The molecule has 0 aliphatic carbocycles. The second-order valence-electron chi connectivity index (χ2n) is 8.01. The zero-order valence-corrected chi connectivity index (χ0v) is 19.7. The molecule has 4 rings (SSSR count). The molecule has 0 spiro atoms. The van der Waals surface area contributed by atoms with Gasteiger partial charge in [-0.1, -0.05) is 29.8 Å². The van der Waals surface area contributed by atoms with Crippen LogP contribution in [0.25, 0.3) is 10.2 Å². The maximum Gasteiger partial charge on any atom is 0.246 e. The first-order valence-electron chi connectivity index (χ1n) is 10.4. The van der Waals surface area contributed by atoms with Gasteiger partial charge in [0.1, 0.15) is 17.0 Å². The number of aliphatic hydroxyl groups excluding tert-OH is 1. The number of thiophene rings is 1. The molecule has 3 aromatic rings. The van der Waals surface area contributed by atoms with Crippen molar-refractivity contribution in [2.24, 2.45) is 0 Å². The van der Waals surface area contributed by atoms with Gasteiger partial charge in [-0.3, -0.25) is 4.79 Å². The maximum atomic E-state index is 12.6. The molecular weight excluding hydrogens is 446 g/mol.